The average Bonchev–Trinajstić information content (AvgIpc) is 3.11. The lowest BCUT2D eigenvalue weighted by Gasteiger charge is -2.06. The third-order valence-electron chi connectivity index (χ3n) is 4.24. The van der Waals surface area contributed by atoms with Crippen molar-refractivity contribution < 1.29 is 4.79 Å². The van der Waals surface area contributed by atoms with Crippen molar-refractivity contribution in [1.82, 2.24) is 34.9 Å². The van der Waals surface area contributed by atoms with Crippen molar-refractivity contribution in [3.63, 3.8) is 0 Å². The molecule has 0 radical (unpaired) electrons. The highest BCUT2D eigenvalue weighted by molar-refractivity contribution is 5.77. The zero-order chi connectivity index (χ0) is 18.6. The SMILES string of the molecule is O=C(CCn1nnc2ccccc2c1=O)NCCc1nnc2ccccn12. The van der Waals surface area contributed by atoms with Gasteiger partial charge in [-0.3, -0.25) is 14.0 Å². The molecule has 9 heteroatoms. The monoisotopic (exact) mass is 363 g/mol. The summed E-state index contributed by atoms with van der Waals surface area (Å²) < 4.78 is 3.10. The molecule has 0 atom stereocenters. The zero-order valence-corrected chi connectivity index (χ0v) is 14.4. The molecular formula is C18H17N7O2. The zero-order valence-electron chi connectivity index (χ0n) is 14.4. The van der Waals surface area contributed by atoms with Crippen LogP contribution in [0.2, 0.25) is 0 Å². The van der Waals surface area contributed by atoms with Gasteiger partial charge in [-0.25, -0.2) is 4.68 Å². The second kappa shape index (κ2) is 7.32. The molecule has 4 aromatic rings. The van der Waals surface area contributed by atoms with Gasteiger partial charge in [0.25, 0.3) is 5.56 Å². The number of pyridine rings is 1. The molecule has 0 aliphatic carbocycles. The highest BCUT2D eigenvalue weighted by atomic mass is 16.2. The summed E-state index contributed by atoms with van der Waals surface area (Å²) in [4.78, 5) is 24.4. The minimum Gasteiger partial charge on any atom is -0.356 e. The van der Waals surface area contributed by atoms with Gasteiger partial charge in [-0.15, -0.1) is 15.3 Å². The fraction of sp³-hybridized carbons (Fsp3) is 0.222. The maximum Gasteiger partial charge on any atom is 0.277 e. The second-order valence-corrected chi connectivity index (χ2v) is 6.03. The predicted molar refractivity (Wildman–Crippen MR) is 98.1 cm³/mol. The van der Waals surface area contributed by atoms with Crippen molar-refractivity contribution in [2.24, 2.45) is 0 Å². The van der Waals surface area contributed by atoms with Crippen molar-refractivity contribution >= 4 is 22.5 Å². The number of aryl methyl sites for hydroxylation is 1. The van der Waals surface area contributed by atoms with Gasteiger partial charge in [0.2, 0.25) is 5.91 Å². The Labute approximate surface area is 153 Å². The van der Waals surface area contributed by atoms with E-state index in [-0.39, 0.29) is 24.4 Å². The summed E-state index contributed by atoms with van der Waals surface area (Å²) in [7, 11) is 0. The number of amides is 1. The summed E-state index contributed by atoms with van der Waals surface area (Å²) in [5, 5.41) is 19.4. The van der Waals surface area contributed by atoms with Crippen LogP contribution < -0.4 is 10.9 Å². The molecule has 3 aromatic heterocycles. The highest BCUT2D eigenvalue weighted by Gasteiger charge is 2.09. The number of hydrogen-bond acceptors (Lipinski definition) is 6. The van der Waals surface area contributed by atoms with Crippen molar-refractivity contribution in [3.05, 3.63) is 64.8 Å². The van der Waals surface area contributed by atoms with E-state index in [1.54, 1.807) is 24.3 Å². The van der Waals surface area contributed by atoms with Crippen molar-refractivity contribution in [2.75, 3.05) is 6.54 Å². The molecule has 27 heavy (non-hydrogen) atoms. The number of nitrogens with zero attached hydrogens (tertiary/aromatic N) is 6. The Kier molecular flexibility index (Phi) is 4.56. The second-order valence-electron chi connectivity index (χ2n) is 6.03. The number of carbonyl (C=O) groups is 1. The Morgan fingerprint density at radius 1 is 1.04 bits per heavy atom. The molecule has 0 saturated carbocycles. The lowest BCUT2D eigenvalue weighted by molar-refractivity contribution is -0.121. The van der Waals surface area contributed by atoms with E-state index in [9.17, 15) is 9.59 Å². The topological polar surface area (TPSA) is 107 Å². The summed E-state index contributed by atoms with van der Waals surface area (Å²) in [6.07, 6.45) is 2.59. The molecule has 1 N–H and O–H groups in total. The van der Waals surface area contributed by atoms with Crippen LogP contribution in [-0.2, 0) is 17.8 Å². The van der Waals surface area contributed by atoms with E-state index in [2.05, 4.69) is 25.8 Å². The van der Waals surface area contributed by atoms with Crippen LogP contribution in [0.4, 0.5) is 0 Å². The average molecular weight is 363 g/mol. The molecule has 1 aromatic carbocycles. The summed E-state index contributed by atoms with van der Waals surface area (Å²) in [5.74, 6) is 0.619. The molecule has 0 saturated heterocycles. The van der Waals surface area contributed by atoms with E-state index < -0.39 is 0 Å². The van der Waals surface area contributed by atoms with Crippen LogP contribution in [0.15, 0.2) is 53.5 Å². The van der Waals surface area contributed by atoms with Crippen LogP contribution in [0, 0.1) is 0 Å². The van der Waals surface area contributed by atoms with Crippen molar-refractivity contribution in [1.29, 1.82) is 0 Å². The van der Waals surface area contributed by atoms with Crippen LogP contribution in [0.3, 0.4) is 0 Å². The van der Waals surface area contributed by atoms with Crippen LogP contribution in [-0.4, -0.2) is 42.0 Å². The van der Waals surface area contributed by atoms with Gasteiger partial charge in [-0.05, 0) is 24.3 Å². The quantitative estimate of drug-likeness (QED) is 0.537. The fourth-order valence-electron chi connectivity index (χ4n) is 2.84. The highest BCUT2D eigenvalue weighted by Crippen LogP contribution is 2.04. The maximum atomic E-state index is 12.3. The largest absolute Gasteiger partial charge is 0.356 e. The number of hydrogen-bond donors (Lipinski definition) is 1. The number of nitrogens with one attached hydrogen (secondary N) is 1. The molecule has 0 spiro atoms. The first kappa shape index (κ1) is 16.8. The molecular weight excluding hydrogens is 346 g/mol. The minimum absolute atomic E-state index is 0.146. The lowest BCUT2D eigenvalue weighted by atomic mass is 10.2. The van der Waals surface area contributed by atoms with Crippen LogP contribution in [0.5, 0.6) is 0 Å². The smallest absolute Gasteiger partial charge is 0.277 e. The molecule has 0 bridgehead atoms. The van der Waals surface area contributed by atoms with Crippen LogP contribution in [0.1, 0.15) is 12.2 Å². The Morgan fingerprint density at radius 2 is 1.89 bits per heavy atom. The fourth-order valence-corrected chi connectivity index (χ4v) is 2.84. The van der Waals surface area contributed by atoms with Crippen LogP contribution in [0.25, 0.3) is 16.6 Å². The number of rotatable bonds is 6. The summed E-state index contributed by atoms with van der Waals surface area (Å²) in [6.45, 7) is 0.614. The number of benzene rings is 1. The van der Waals surface area contributed by atoms with E-state index in [0.717, 1.165) is 11.5 Å². The Morgan fingerprint density at radius 3 is 2.81 bits per heavy atom. The van der Waals surface area contributed by atoms with Gasteiger partial charge in [0, 0.05) is 25.6 Å². The maximum absolute atomic E-state index is 12.3. The molecule has 3 heterocycles. The van der Waals surface area contributed by atoms with E-state index >= 15 is 0 Å². The van der Waals surface area contributed by atoms with Gasteiger partial charge in [0.1, 0.15) is 11.3 Å². The van der Waals surface area contributed by atoms with Gasteiger partial charge >= 0.3 is 0 Å². The van der Waals surface area contributed by atoms with Gasteiger partial charge in [0.15, 0.2) is 5.65 Å². The molecule has 0 aliphatic rings. The first-order chi connectivity index (χ1) is 13.2. The molecule has 1 amide bonds. The van der Waals surface area contributed by atoms with Crippen LogP contribution >= 0.6 is 0 Å². The Balaban J connectivity index is 1.32. The number of aromatic nitrogens is 6. The van der Waals surface area contributed by atoms with Gasteiger partial charge in [0.05, 0.1) is 11.9 Å². The first-order valence-corrected chi connectivity index (χ1v) is 8.60. The van der Waals surface area contributed by atoms with Crippen molar-refractivity contribution in [3.8, 4) is 0 Å². The predicted octanol–water partition coefficient (Wildman–Crippen LogP) is 0.583. The molecule has 9 nitrogen and oxygen atoms in total. The summed E-state index contributed by atoms with van der Waals surface area (Å²) >= 11 is 0. The van der Waals surface area contributed by atoms with E-state index in [4.69, 9.17) is 0 Å². The molecule has 0 fully saturated rings. The lowest BCUT2D eigenvalue weighted by Crippen LogP contribution is -2.30. The third kappa shape index (κ3) is 3.52. The molecule has 136 valence electrons. The first-order valence-electron chi connectivity index (χ1n) is 8.60. The minimum atomic E-state index is -0.247. The summed E-state index contributed by atoms with van der Waals surface area (Å²) in [5.41, 5.74) is 1.07. The molecule has 4 rings (SSSR count). The van der Waals surface area contributed by atoms with E-state index in [1.807, 2.05) is 28.8 Å². The van der Waals surface area contributed by atoms with Crippen molar-refractivity contribution in [2.45, 2.75) is 19.4 Å². The Bertz CT molecular complexity index is 1170. The normalized spacial score (nSPS) is 11.1. The van der Waals surface area contributed by atoms with Gasteiger partial charge in [-0.1, -0.05) is 23.4 Å². The standard InChI is InChI=1S/C18H17N7O2/c26-17(19-10-8-16-22-21-15-7-3-4-11-24(15)16)9-12-25-18(27)13-5-1-2-6-14(13)20-23-25/h1-7,11H,8-10,12H2,(H,19,26). The summed E-state index contributed by atoms with van der Waals surface area (Å²) in [6, 6.07) is 12.7. The molecule has 0 unspecified atom stereocenters. The third-order valence-corrected chi connectivity index (χ3v) is 4.24. The number of fused-ring (bicyclic) bond motifs is 2. The van der Waals surface area contributed by atoms with Gasteiger partial charge < -0.3 is 5.32 Å². The van der Waals surface area contributed by atoms with E-state index in [0.29, 0.717) is 23.9 Å². The Hall–Kier alpha value is -3.62. The number of carbonyl (C=O) groups excluding carboxylic acids is 1. The van der Waals surface area contributed by atoms with Gasteiger partial charge in [-0.2, -0.15) is 0 Å². The molecule has 0 aliphatic heterocycles. The van der Waals surface area contributed by atoms with E-state index in [1.165, 1.54) is 4.68 Å².